The number of aliphatic hydroxyl groups is 1. The van der Waals surface area contributed by atoms with Gasteiger partial charge in [0.15, 0.2) is 0 Å². The molecule has 0 radical (unpaired) electrons. The molecular formula is C14H19NO3. The predicted molar refractivity (Wildman–Crippen MR) is 68.2 cm³/mol. The molecule has 0 atom stereocenters. The lowest BCUT2D eigenvalue weighted by atomic mass is 10.1. The van der Waals surface area contributed by atoms with Crippen LogP contribution < -0.4 is 0 Å². The van der Waals surface area contributed by atoms with Crippen molar-refractivity contribution in [3.05, 3.63) is 29.8 Å². The van der Waals surface area contributed by atoms with E-state index in [2.05, 4.69) is 0 Å². The molecule has 1 aliphatic rings. The van der Waals surface area contributed by atoms with E-state index < -0.39 is 0 Å². The molecule has 0 saturated carbocycles. The third-order valence-corrected chi connectivity index (χ3v) is 3.38. The van der Waals surface area contributed by atoms with Crippen LogP contribution in [0.25, 0.3) is 0 Å². The molecule has 0 bridgehead atoms. The normalized spacial score (nSPS) is 16.8. The number of benzene rings is 1. The minimum absolute atomic E-state index is 0.148. The van der Waals surface area contributed by atoms with Crippen LogP contribution in [0.3, 0.4) is 0 Å². The SMILES string of the molecule is O=C(CCc1ccc(O)cc1)N1CCC(O)CC1. The van der Waals surface area contributed by atoms with Crippen LogP contribution in [-0.4, -0.2) is 40.2 Å². The molecule has 1 fully saturated rings. The van der Waals surface area contributed by atoms with Gasteiger partial charge in [0.1, 0.15) is 5.75 Å². The van der Waals surface area contributed by atoms with Crippen molar-refractivity contribution in [3.8, 4) is 5.75 Å². The largest absolute Gasteiger partial charge is 0.508 e. The monoisotopic (exact) mass is 249 g/mol. The van der Waals surface area contributed by atoms with Crippen molar-refractivity contribution < 1.29 is 15.0 Å². The van der Waals surface area contributed by atoms with Gasteiger partial charge in [0.2, 0.25) is 5.91 Å². The predicted octanol–water partition coefficient (Wildman–Crippen LogP) is 1.31. The van der Waals surface area contributed by atoms with Gasteiger partial charge >= 0.3 is 0 Å². The molecule has 2 rings (SSSR count). The topological polar surface area (TPSA) is 60.8 Å². The smallest absolute Gasteiger partial charge is 0.222 e. The zero-order valence-corrected chi connectivity index (χ0v) is 10.4. The van der Waals surface area contributed by atoms with Gasteiger partial charge in [-0.25, -0.2) is 0 Å². The lowest BCUT2D eigenvalue weighted by molar-refractivity contribution is -0.133. The lowest BCUT2D eigenvalue weighted by Gasteiger charge is -2.29. The zero-order chi connectivity index (χ0) is 13.0. The minimum Gasteiger partial charge on any atom is -0.508 e. The van der Waals surface area contributed by atoms with Gasteiger partial charge in [-0.2, -0.15) is 0 Å². The molecule has 0 aromatic heterocycles. The Morgan fingerprint density at radius 1 is 1.22 bits per heavy atom. The Morgan fingerprint density at radius 3 is 2.44 bits per heavy atom. The second kappa shape index (κ2) is 5.87. The van der Waals surface area contributed by atoms with Crippen molar-refractivity contribution in [2.45, 2.75) is 31.8 Å². The molecule has 1 amide bonds. The van der Waals surface area contributed by atoms with Crippen LogP contribution in [0.2, 0.25) is 0 Å². The van der Waals surface area contributed by atoms with E-state index in [0.717, 1.165) is 5.56 Å². The highest BCUT2D eigenvalue weighted by Gasteiger charge is 2.20. The fraction of sp³-hybridized carbons (Fsp3) is 0.500. The summed E-state index contributed by atoms with van der Waals surface area (Å²) in [5.74, 6) is 0.394. The summed E-state index contributed by atoms with van der Waals surface area (Å²) in [6.07, 6.45) is 2.31. The number of aliphatic hydroxyl groups excluding tert-OH is 1. The number of amides is 1. The van der Waals surface area contributed by atoms with Crippen LogP contribution in [0.5, 0.6) is 5.75 Å². The Hall–Kier alpha value is -1.55. The average molecular weight is 249 g/mol. The molecule has 0 aliphatic carbocycles. The number of rotatable bonds is 3. The van der Waals surface area contributed by atoms with Gasteiger partial charge in [0, 0.05) is 19.5 Å². The van der Waals surface area contributed by atoms with E-state index in [1.165, 1.54) is 0 Å². The van der Waals surface area contributed by atoms with E-state index in [1.807, 2.05) is 17.0 Å². The van der Waals surface area contributed by atoms with E-state index in [0.29, 0.717) is 38.8 Å². The van der Waals surface area contributed by atoms with Crippen molar-refractivity contribution in [1.29, 1.82) is 0 Å². The summed E-state index contributed by atoms with van der Waals surface area (Å²) in [7, 11) is 0. The fourth-order valence-corrected chi connectivity index (χ4v) is 2.19. The van der Waals surface area contributed by atoms with E-state index in [9.17, 15) is 9.90 Å². The minimum atomic E-state index is -0.244. The van der Waals surface area contributed by atoms with E-state index in [-0.39, 0.29) is 17.8 Å². The first-order valence-electron chi connectivity index (χ1n) is 6.39. The highest BCUT2D eigenvalue weighted by Crippen LogP contribution is 2.14. The second-order valence-corrected chi connectivity index (χ2v) is 4.78. The number of likely N-dealkylation sites (tertiary alicyclic amines) is 1. The summed E-state index contributed by atoms with van der Waals surface area (Å²) < 4.78 is 0. The molecule has 4 nitrogen and oxygen atoms in total. The maximum absolute atomic E-state index is 11.9. The van der Waals surface area contributed by atoms with E-state index in [1.54, 1.807) is 12.1 Å². The summed E-state index contributed by atoms with van der Waals surface area (Å²) >= 11 is 0. The Balaban J connectivity index is 1.79. The molecule has 18 heavy (non-hydrogen) atoms. The van der Waals surface area contributed by atoms with Gasteiger partial charge in [0.05, 0.1) is 6.10 Å². The molecule has 98 valence electrons. The number of hydrogen-bond acceptors (Lipinski definition) is 3. The Morgan fingerprint density at radius 2 is 1.83 bits per heavy atom. The van der Waals surface area contributed by atoms with Crippen LogP contribution in [0.4, 0.5) is 0 Å². The molecule has 4 heteroatoms. The number of aromatic hydroxyl groups is 1. The Bertz CT molecular complexity index is 394. The van der Waals surface area contributed by atoms with Gasteiger partial charge in [-0.1, -0.05) is 12.1 Å². The maximum atomic E-state index is 11.9. The van der Waals surface area contributed by atoms with Crippen molar-refractivity contribution in [1.82, 2.24) is 4.90 Å². The van der Waals surface area contributed by atoms with Gasteiger partial charge in [-0.3, -0.25) is 4.79 Å². The number of nitrogens with zero attached hydrogens (tertiary/aromatic N) is 1. The van der Waals surface area contributed by atoms with Crippen LogP contribution in [-0.2, 0) is 11.2 Å². The molecule has 1 aliphatic heterocycles. The second-order valence-electron chi connectivity index (χ2n) is 4.78. The summed E-state index contributed by atoms with van der Waals surface area (Å²) in [5, 5.41) is 18.5. The molecule has 2 N–H and O–H groups in total. The van der Waals surface area contributed by atoms with Crippen LogP contribution in [0, 0.1) is 0 Å². The Labute approximate surface area is 107 Å². The number of hydrogen-bond donors (Lipinski definition) is 2. The summed E-state index contributed by atoms with van der Waals surface area (Å²) in [6, 6.07) is 6.94. The highest BCUT2D eigenvalue weighted by molar-refractivity contribution is 5.76. The number of carbonyl (C=O) groups is 1. The standard InChI is InChI=1S/C14H19NO3/c16-12-4-1-11(2-5-12)3-6-14(18)15-9-7-13(17)8-10-15/h1-2,4-5,13,16-17H,3,6-10H2. The van der Waals surface area contributed by atoms with Crippen LogP contribution in [0.1, 0.15) is 24.8 Å². The summed E-state index contributed by atoms with van der Waals surface area (Å²) in [4.78, 5) is 13.8. The molecule has 1 aromatic carbocycles. The quantitative estimate of drug-likeness (QED) is 0.849. The summed E-state index contributed by atoms with van der Waals surface area (Å²) in [6.45, 7) is 1.32. The number of piperidine rings is 1. The third-order valence-electron chi connectivity index (χ3n) is 3.38. The maximum Gasteiger partial charge on any atom is 0.222 e. The molecule has 1 saturated heterocycles. The average Bonchev–Trinajstić information content (AvgIpc) is 2.38. The molecule has 0 spiro atoms. The summed E-state index contributed by atoms with van der Waals surface area (Å²) in [5.41, 5.74) is 1.05. The molecule has 0 unspecified atom stereocenters. The van der Waals surface area contributed by atoms with Crippen LogP contribution in [0.15, 0.2) is 24.3 Å². The van der Waals surface area contributed by atoms with Crippen molar-refractivity contribution in [3.63, 3.8) is 0 Å². The first kappa shape index (κ1) is 12.9. The zero-order valence-electron chi connectivity index (χ0n) is 10.4. The van der Waals surface area contributed by atoms with Gasteiger partial charge in [0.25, 0.3) is 0 Å². The van der Waals surface area contributed by atoms with Crippen molar-refractivity contribution in [2.75, 3.05) is 13.1 Å². The van der Waals surface area contributed by atoms with Crippen molar-refractivity contribution in [2.24, 2.45) is 0 Å². The first-order valence-corrected chi connectivity index (χ1v) is 6.39. The highest BCUT2D eigenvalue weighted by atomic mass is 16.3. The third kappa shape index (κ3) is 3.47. The lowest BCUT2D eigenvalue weighted by Crippen LogP contribution is -2.40. The number of carbonyl (C=O) groups excluding carboxylic acids is 1. The van der Waals surface area contributed by atoms with Gasteiger partial charge < -0.3 is 15.1 Å². The van der Waals surface area contributed by atoms with Crippen molar-refractivity contribution >= 4 is 5.91 Å². The molecular weight excluding hydrogens is 230 g/mol. The van der Waals surface area contributed by atoms with Gasteiger partial charge in [-0.15, -0.1) is 0 Å². The number of aryl methyl sites for hydroxylation is 1. The van der Waals surface area contributed by atoms with Gasteiger partial charge in [-0.05, 0) is 37.0 Å². The Kier molecular flexibility index (Phi) is 4.20. The number of phenolic OH excluding ortho intramolecular Hbond substituents is 1. The number of phenols is 1. The van der Waals surface area contributed by atoms with E-state index >= 15 is 0 Å². The molecule has 1 aromatic rings. The van der Waals surface area contributed by atoms with Crippen LogP contribution >= 0.6 is 0 Å². The van der Waals surface area contributed by atoms with E-state index in [4.69, 9.17) is 5.11 Å². The first-order chi connectivity index (χ1) is 8.65. The molecule has 1 heterocycles. The fourth-order valence-electron chi connectivity index (χ4n) is 2.19.